The largest absolute Gasteiger partial charge is 0.333 e. The number of imidazole rings is 1. The standard InChI is InChI=1S/C19H20ClN3/c20-17-8-6-16(7-9-17)19(15-4-2-1-3-5-15)18(10-11-21)23-13-12-22-14-23/h1-9,12-14,18-19H,10-11,21H2. The summed E-state index contributed by atoms with van der Waals surface area (Å²) < 4.78 is 2.15. The summed E-state index contributed by atoms with van der Waals surface area (Å²) in [7, 11) is 0. The van der Waals surface area contributed by atoms with Crippen molar-refractivity contribution in [2.45, 2.75) is 18.4 Å². The maximum absolute atomic E-state index is 6.07. The Morgan fingerprint density at radius 2 is 1.70 bits per heavy atom. The molecule has 3 rings (SSSR count). The molecule has 3 nitrogen and oxygen atoms in total. The first kappa shape index (κ1) is 15.8. The molecule has 3 aromatic rings. The van der Waals surface area contributed by atoms with Crippen molar-refractivity contribution in [2.24, 2.45) is 5.73 Å². The summed E-state index contributed by atoms with van der Waals surface area (Å²) in [4.78, 5) is 4.21. The fourth-order valence-corrected chi connectivity index (χ4v) is 3.22. The van der Waals surface area contributed by atoms with E-state index >= 15 is 0 Å². The van der Waals surface area contributed by atoms with E-state index in [-0.39, 0.29) is 12.0 Å². The number of aromatic nitrogens is 2. The number of halogens is 1. The van der Waals surface area contributed by atoms with E-state index in [4.69, 9.17) is 17.3 Å². The minimum absolute atomic E-state index is 0.200. The van der Waals surface area contributed by atoms with E-state index < -0.39 is 0 Å². The van der Waals surface area contributed by atoms with Gasteiger partial charge >= 0.3 is 0 Å². The van der Waals surface area contributed by atoms with Gasteiger partial charge in [-0.15, -0.1) is 0 Å². The molecule has 2 atom stereocenters. The zero-order valence-corrected chi connectivity index (χ0v) is 13.6. The van der Waals surface area contributed by atoms with E-state index in [0.29, 0.717) is 6.54 Å². The Bertz CT molecular complexity index is 708. The quantitative estimate of drug-likeness (QED) is 0.736. The number of rotatable bonds is 6. The summed E-state index contributed by atoms with van der Waals surface area (Å²) in [5.41, 5.74) is 8.39. The summed E-state index contributed by atoms with van der Waals surface area (Å²) in [5.74, 6) is 0.200. The van der Waals surface area contributed by atoms with Crippen molar-refractivity contribution in [3.63, 3.8) is 0 Å². The summed E-state index contributed by atoms with van der Waals surface area (Å²) in [5, 5.41) is 0.749. The zero-order valence-electron chi connectivity index (χ0n) is 12.8. The summed E-state index contributed by atoms with van der Waals surface area (Å²) in [6.45, 7) is 0.625. The molecule has 1 aromatic heterocycles. The number of hydrogen-bond donors (Lipinski definition) is 1. The van der Waals surface area contributed by atoms with Crippen LogP contribution in [0.5, 0.6) is 0 Å². The topological polar surface area (TPSA) is 43.8 Å². The SMILES string of the molecule is NCCC(C(c1ccccc1)c1ccc(Cl)cc1)n1ccnc1. The van der Waals surface area contributed by atoms with E-state index in [1.807, 2.05) is 36.9 Å². The van der Waals surface area contributed by atoms with Gasteiger partial charge in [0.25, 0.3) is 0 Å². The molecular formula is C19H20ClN3. The number of nitrogens with two attached hydrogens (primary N) is 1. The maximum Gasteiger partial charge on any atom is 0.0948 e. The van der Waals surface area contributed by atoms with Crippen molar-refractivity contribution in [2.75, 3.05) is 6.54 Å². The van der Waals surface area contributed by atoms with Crippen LogP contribution in [0.3, 0.4) is 0 Å². The third kappa shape index (κ3) is 3.63. The van der Waals surface area contributed by atoms with Gasteiger partial charge in [0.1, 0.15) is 0 Å². The highest BCUT2D eigenvalue weighted by Gasteiger charge is 2.25. The third-order valence-electron chi connectivity index (χ3n) is 4.14. The molecule has 4 heteroatoms. The van der Waals surface area contributed by atoms with E-state index in [9.17, 15) is 0 Å². The average Bonchev–Trinajstić information content (AvgIpc) is 3.11. The fourth-order valence-electron chi connectivity index (χ4n) is 3.09. The Kier molecular flexibility index (Phi) is 5.11. The van der Waals surface area contributed by atoms with Gasteiger partial charge in [-0.1, -0.05) is 54.1 Å². The number of benzene rings is 2. The van der Waals surface area contributed by atoms with Gasteiger partial charge in [0.05, 0.1) is 6.33 Å². The van der Waals surface area contributed by atoms with Crippen molar-refractivity contribution < 1.29 is 0 Å². The predicted molar refractivity (Wildman–Crippen MR) is 94.7 cm³/mol. The molecular weight excluding hydrogens is 306 g/mol. The third-order valence-corrected chi connectivity index (χ3v) is 4.39. The Balaban J connectivity index is 2.08. The average molecular weight is 326 g/mol. The van der Waals surface area contributed by atoms with E-state index in [1.165, 1.54) is 11.1 Å². The highest BCUT2D eigenvalue weighted by atomic mass is 35.5. The lowest BCUT2D eigenvalue weighted by atomic mass is 9.83. The molecule has 0 aliphatic heterocycles. The lowest BCUT2D eigenvalue weighted by molar-refractivity contribution is 0.425. The molecule has 0 aliphatic rings. The number of hydrogen-bond acceptors (Lipinski definition) is 2. The number of nitrogens with zero attached hydrogens (tertiary/aromatic N) is 2. The van der Waals surface area contributed by atoms with Crippen LogP contribution in [0.4, 0.5) is 0 Å². The summed E-state index contributed by atoms with van der Waals surface area (Å²) in [6.07, 6.45) is 6.56. The van der Waals surface area contributed by atoms with Crippen molar-refractivity contribution >= 4 is 11.6 Å². The van der Waals surface area contributed by atoms with Crippen LogP contribution in [0.1, 0.15) is 29.5 Å². The molecule has 1 heterocycles. The van der Waals surface area contributed by atoms with Gasteiger partial charge in [-0.05, 0) is 36.2 Å². The maximum atomic E-state index is 6.07. The lowest BCUT2D eigenvalue weighted by Gasteiger charge is -2.29. The van der Waals surface area contributed by atoms with Crippen molar-refractivity contribution in [3.05, 3.63) is 89.5 Å². The van der Waals surface area contributed by atoms with Crippen LogP contribution in [0, 0.1) is 0 Å². The molecule has 0 fully saturated rings. The van der Waals surface area contributed by atoms with Crippen LogP contribution in [0.2, 0.25) is 5.02 Å². The summed E-state index contributed by atoms with van der Waals surface area (Å²) >= 11 is 6.07. The van der Waals surface area contributed by atoms with E-state index in [0.717, 1.165) is 11.4 Å². The molecule has 2 N–H and O–H groups in total. The molecule has 0 spiro atoms. The fraction of sp³-hybridized carbons (Fsp3) is 0.211. The monoisotopic (exact) mass is 325 g/mol. The van der Waals surface area contributed by atoms with Gasteiger partial charge in [-0.25, -0.2) is 4.98 Å². The lowest BCUT2D eigenvalue weighted by Crippen LogP contribution is -2.21. The molecule has 2 aromatic carbocycles. The second-order valence-corrected chi connectivity index (χ2v) is 6.03. The first-order valence-electron chi connectivity index (χ1n) is 7.77. The van der Waals surface area contributed by atoms with Gasteiger partial charge in [-0.2, -0.15) is 0 Å². The predicted octanol–water partition coefficient (Wildman–Crippen LogP) is 4.26. The van der Waals surface area contributed by atoms with Crippen LogP contribution in [0.15, 0.2) is 73.3 Å². The molecule has 0 amide bonds. The molecule has 0 radical (unpaired) electrons. The van der Waals surface area contributed by atoms with Gasteiger partial charge in [0, 0.05) is 29.4 Å². The first-order valence-corrected chi connectivity index (χ1v) is 8.15. The van der Waals surface area contributed by atoms with Gasteiger partial charge in [-0.3, -0.25) is 0 Å². The Morgan fingerprint density at radius 3 is 2.30 bits per heavy atom. The molecule has 0 saturated carbocycles. The second-order valence-electron chi connectivity index (χ2n) is 5.59. The van der Waals surface area contributed by atoms with Crippen LogP contribution in [-0.4, -0.2) is 16.1 Å². The minimum Gasteiger partial charge on any atom is -0.333 e. The second kappa shape index (κ2) is 7.44. The van der Waals surface area contributed by atoms with Crippen molar-refractivity contribution in [1.82, 2.24) is 9.55 Å². The van der Waals surface area contributed by atoms with E-state index in [2.05, 4.69) is 45.9 Å². The van der Waals surface area contributed by atoms with Crippen LogP contribution < -0.4 is 5.73 Å². The molecule has 2 unspecified atom stereocenters. The molecule has 118 valence electrons. The Labute approximate surface area is 141 Å². The Morgan fingerprint density at radius 1 is 1.00 bits per heavy atom. The smallest absolute Gasteiger partial charge is 0.0948 e. The van der Waals surface area contributed by atoms with Crippen molar-refractivity contribution in [1.29, 1.82) is 0 Å². The zero-order chi connectivity index (χ0) is 16.1. The van der Waals surface area contributed by atoms with Crippen LogP contribution in [-0.2, 0) is 0 Å². The van der Waals surface area contributed by atoms with Crippen molar-refractivity contribution in [3.8, 4) is 0 Å². The summed E-state index contributed by atoms with van der Waals surface area (Å²) in [6, 6.07) is 18.8. The molecule has 0 bridgehead atoms. The normalized spacial score (nSPS) is 13.7. The molecule has 23 heavy (non-hydrogen) atoms. The van der Waals surface area contributed by atoms with Gasteiger partial charge in [0.15, 0.2) is 0 Å². The highest BCUT2D eigenvalue weighted by Crippen LogP contribution is 2.37. The van der Waals surface area contributed by atoms with E-state index in [1.54, 1.807) is 0 Å². The minimum atomic E-state index is 0.200. The Hall–Kier alpha value is -2.10. The van der Waals surface area contributed by atoms with Gasteiger partial charge < -0.3 is 10.3 Å². The van der Waals surface area contributed by atoms with Gasteiger partial charge in [0.2, 0.25) is 0 Å². The van der Waals surface area contributed by atoms with Crippen LogP contribution in [0.25, 0.3) is 0 Å². The molecule has 0 aliphatic carbocycles. The highest BCUT2D eigenvalue weighted by molar-refractivity contribution is 6.30. The molecule has 0 saturated heterocycles. The first-order chi connectivity index (χ1) is 11.3. The van der Waals surface area contributed by atoms with Crippen LogP contribution >= 0.6 is 11.6 Å².